The molecule has 2 rings (SSSR count). The Balaban J connectivity index is 2.66. The van der Waals surface area contributed by atoms with Crippen LogP contribution in [0.1, 0.15) is 6.92 Å². The van der Waals surface area contributed by atoms with Gasteiger partial charge in [0, 0.05) is 12.5 Å². The summed E-state index contributed by atoms with van der Waals surface area (Å²) in [5, 5.41) is 0. The molecule has 0 aliphatic rings. The van der Waals surface area contributed by atoms with Crippen molar-refractivity contribution >= 4 is 21.9 Å². The Bertz CT molecular complexity index is 723. The third-order valence-corrected chi connectivity index (χ3v) is 3.44. The van der Waals surface area contributed by atoms with Crippen LogP contribution in [0.25, 0.3) is 11.1 Å². The van der Waals surface area contributed by atoms with Crippen LogP contribution in [0.2, 0.25) is 0 Å². The van der Waals surface area contributed by atoms with Gasteiger partial charge in [0.15, 0.2) is 5.75 Å². The maximum absolute atomic E-state index is 12.3. The Kier molecular flexibility index (Phi) is 4.75. The molecule has 0 spiro atoms. The van der Waals surface area contributed by atoms with Crippen molar-refractivity contribution in [2.45, 2.75) is 6.92 Å². The van der Waals surface area contributed by atoms with Gasteiger partial charge in [-0.15, -0.1) is 0 Å². The van der Waals surface area contributed by atoms with Gasteiger partial charge in [0.1, 0.15) is 5.75 Å². The van der Waals surface area contributed by atoms with E-state index in [4.69, 9.17) is 9.47 Å². The topological polar surface area (TPSA) is 52.6 Å². The first kappa shape index (κ1) is 15.3. The number of methoxy groups -OCH3 is 1. The van der Waals surface area contributed by atoms with Gasteiger partial charge < -0.3 is 9.47 Å². The van der Waals surface area contributed by atoms with E-state index in [1.807, 2.05) is 0 Å². The summed E-state index contributed by atoms with van der Waals surface area (Å²) in [6.07, 6.45) is 0. The first-order valence-corrected chi connectivity index (χ1v) is 6.98. The van der Waals surface area contributed by atoms with Crippen molar-refractivity contribution in [2.24, 2.45) is 0 Å². The number of esters is 1. The summed E-state index contributed by atoms with van der Waals surface area (Å²) in [5.74, 6) is 0.168. The van der Waals surface area contributed by atoms with Crippen molar-refractivity contribution in [3.63, 3.8) is 0 Å². The van der Waals surface area contributed by atoms with Gasteiger partial charge in [-0.05, 0) is 39.7 Å². The number of ether oxygens (including phenoxy) is 2. The fraction of sp³-hybridized carbons (Fsp3) is 0.125. The Labute approximate surface area is 130 Å². The van der Waals surface area contributed by atoms with Crippen LogP contribution >= 0.6 is 15.9 Å². The molecule has 5 heteroatoms. The minimum absolute atomic E-state index is 0.00421. The Hall–Kier alpha value is -2.14. The molecule has 0 bridgehead atoms. The summed E-state index contributed by atoms with van der Waals surface area (Å²) < 4.78 is 10.6. The van der Waals surface area contributed by atoms with Crippen LogP contribution in [-0.2, 0) is 4.79 Å². The lowest BCUT2D eigenvalue weighted by atomic mass is 10.1. The van der Waals surface area contributed by atoms with Gasteiger partial charge in [-0.25, -0.2) is 0 Å². The Morgan fingerprint density at radius 2 is 1.76 bits per heavy atom. The zero-order valence-corrected chi connectivity index (χ0v) is 13.1. The van der Waals surface area contributed by atoms with E-state index in [0.29, 0.717) is 15.8 Å². The van der Waals surface area contributed by atoms with E-state index in [9.17, 15) is 9.59 Å². The molecular formula is C16H13BrO4. The fourth-order valence-electron chi connectivity index (χ4n) is 1.85. The first-order valence-electron chi connectivity index (χ1n) is 6.18. The van der Waals surface area contributed by atoms with E-state index >= 15 is 0 Å². The number of carbonyl (C=O) groups excluding carboxylic acids is 1. The summed E-state index contributed by atoms with van der Waals surface area (Å²) >= 11 is 3.17. The van der Waals surface area contributed by atoms with Crippen LogP contribution < -0.4 is 14.9 Å². The largest absolute Gasteiger partial charge is 0.497 e. The SMILES string of the molecule is COc1ccc(-c2cccc(Br)c(=O)c2OC(C)=O)cc1. The predicted octanol–water partition coefficient (Wildman–Crippen LogP) is 3.41. The lowest BCUT2D eigenvalue weighted by Crippen LogP contribution is -2.11. The molecule has 2 aromatic rings. The molecule has 0 radical (unpaired) electrons. The number of hydrogen-bond acceptors (Lipinski definition) is 4. The molecule has 0 aliphatic heterocycles. The van der Waals surface area contributed by atoms with Crippen molar-refractivity contribution < 1.29 is 14.3 Å². The molecule has 0 atom stereocenters. The molecule has 4 nitrogen and oxygen atoms in total. The van der Waals surface area contributed by atoms with Gasteiger partial charge >= 0.3 is 5.97 Å². The van der Waals surface area contributed by atoms with Gasteiger partial charge in [0.2, 0.25) is 5.43 Å². The highest BCUT2D eigenvalue weighted by Gasteiger charge is 2.13. The Morgan fingerprint density at radius 1 is 1.10 bits per heavy atom. The van der Waals surface area contributed by atoms with Crippen LogP contribution in [0.4, 0.5) is 0 Å². The van der Waals surface area contributed by atoms with Crippen LogP contribution in [0.3, 0.4) is 0 Å². The van der Waals surface area contributed by atoms with E-state index in [1.54, 1.807) is 49.6 Å². The van der Waals surface area contributed by atoms with Crippen molar-refractivity contribution in [1.29, 1.82) is 0 Å². The van der Waals surface area contributed by atoms with Crippen molar-refractivity contribution in [3.8, 4) is 22.6 Å². The van der Waals surface area contributed by atoms with E-state index in [-0.39, 0.29) is 11.2 Å². The van der Waals surface area contributed by atoms with E-state index < -0.39 is 5.97 Å². The summed E-state index contributed by atoms with van der Waals surface area (Å²) in [7, 11) is 1.58. The minimum atomic E-state index is -0.542. The predicted molar refractivity (Wildman–Crippen MR) is 83.7 cm³/mol. The minimum Gasteiger partial charge on any atom is -0.497 e. The van der Waals surface area contributed by atoms with Gasteiger partial charge in [-0.3, -0.25) is 9.59 Å². The molecule has 0 saturated heterocycles. The van der Waals surface area contributed by atoms with Crippen LogP contribution in [-0.4, -0.2) is 13.1 Å². The number of rotatable bonds is 3. The van der Waals surface area contributed by atoms with Crippen LogP contribution in [0, 0.1) is 0 Å². The highest BCUT2D eigenvalue weighted by atomic mass is 79.9. The van der Waals surface area contributed by atoms with E-state index in [0.717, 1.165) is 5.56 Å². The molecule has 0 fully saturated rings. The normalized spacial score (nSPS) is 10.0. The molecule has 0 saturated carbocycles. The number of carbonyl (C=O) groups is 1. The number of benzene rings is 1. The van der Waals surface area contributed by atoms with E-state index in [2.05, 4.69) is 15.9 Å². The molecule has 0 aromatic heterocycles. The molecule has 0 N–H and O–H groups in total. The second-order valence-corrected chi connectivity index (χ2v) is 5.12. The maximum atomic E-state index is 12.3. The smallest absolute Gasteiger partial charge is 0.308 e. The Morgan fingerprint density at radius 3 is 2.33 bits per heavy atom. The molecule has 0 unspecified atom stereocenters. The monoisotopic (exact) mass is 348 g/mol. The van der Waals surface area contributed by atoms with Gasteiger partial charge in [-0.1, -0.05) is 24.3 Å². The number of halogens is 1. The lowest BCUT2D eigenvalue weighted by Gasteiger charge is -2.07. The molecule has 0 aliphatic carbocycles. The number of hydrogen-bond donors (Lipinski definition) is 0. The van der Waals surface area contributed by atoms with Gasteiger partial charge in [-0.2, -0.15) is 0 Å². The molecule has 0 amide bonds. The van der Waals surface area contributed by atoms with Crippen molar-refractivity contribution in [2.75, 3.05) is 7.11 Å². The fourth-order valence-corrected chi connectivity index (χ4v) is 2.19. The highest BCUT2D eigenvalue weighted by molar-refractivity contribution is 9.10. The molecular weight excluding hydrogens is 336 g/mol. The van der Waals surface area contributed by atoms with Crippen LogP contribution in [0.5, 0.6) is 11.5 Å². The van der Waals surface area contributed by atoms with Gasteiger partial charge in [0.05, 0.1) is 11.6 Å². The summed E-state index contributed by atoms with van der Waals surface area (Å²) in [5.41, 5.74) is 0.928. The van der Waals surface area contributed by atoms with Crippen LogP contribution in [0.15, 0.2) is 51.7 Å². The zero-order chi connectivity index (χ0) is 15.4. The van der Waals surface area contributed by atoms with Gasteiger partial charge in [0.25, 0.3) is 0 Å². The maximum Gasteiger partial charge on any atom is 0.308 e. The molecule has 21 heavy (non-hydrogen) atoms. The second kappa shape index (κ2) is 6.54. The summed E-state index contributed by atoms with van der Waals surface area (Å²) in [6.45, 7) is 1.26. The molecule has 0 heterocycles. The third kappa shape index (κ3) is 3.49. The molecule has 2 aromatic carbocycles. The van der Waals surface area contributed by atoms with Crippen molar-refractivity contribution in [1.82, 2.24) is 0 Å². The second-order valence-electron chi connectivity index (χ2n) is 4.27. The standard InChI is InChI=1S/C16H13BrO4/c1-10(18)21-16-13(4-3-5-14(17)15(16)19)11-6-8-12(20-2)9-7-11/h3-9H,1-2H3. The summed E-state index contributed by atoms with van der Waals surface area (Å²) in [4.78, 5) is 23.5. The van der Waals surface area contributed by atoms with E-state index in [1.165, 1.54) is 6.92 Å². The quantitative estimate of drug-likeness (QED) is 0.797. The average molecular weight is 349 g/mol. The highest BCUT2D eigenvalue weighted by Crippen LogP contribution is 2.29. The van der Waals surface area contributed by atoms with Crippen molar-refractivity contribution in [3.05, 3.63) is 57.2 Å². The average Bonchev–Trinajstić information content (AvgIpc) is 2.60. The first-order chi connectivity index (χ1) is 10.0. The summed E-state index contributed by atoms with van der Waals surface area (Å²) in [6, 6.07) is 12.2. The zero-order valence-electron chi connectivity index (χ0n) is 11.6. The third-order valence-electron chi connectivity index (χ3n) is 2.82. The lowest BCUT2D eigenvalue weighted by molar-refractivity contribution is -0.131. The molecule has 108 valence electrons.